The molecule has 0 N–H and O–H groups in total. The van der Waals surface area contributed by atoms with E-state index in [1.54, 1.807) is 22.7 Å². The Labute approximate surface area is 439 Å². The molecule has 0 aliphatic heterocycles. The summed E-state index contributed by atoms with van der Waals surface area (Å²) in [5.41, 5.74) is 11.1. The van der Waals surface area contributed by atoms with E-state index in [1.165, 1.54) is 30.9 Å². The second-order valence-corrected chi connectivity index (χ2v) is 21.8. The average Bonchev–Trinajstić information content (AvgIpc) is 4.34. The average molecular weight is 1000 g/mol. The number of hydrogen-bond acceptors (Lipinski definition) is 5. The van der Waals surface area contributed by atoms with Crippen LogP contribution in [-0.4, -0.2) is 9.13 Å². The molecule has 0 amide bonds. The standard InChI is InChI=1S/C68H34N4O2S2/c1-70-64-62(45-24-14-22-43-39-18-4-10-28-56(39)73-67(43)45)51(36-69)65(71-52-26-8-2-16-37(52)47-32-49-41-20-6-12-30-58(41)75-60(49)34-54(47)71)63(46-25-15-23-44-40-19-5-11-29-57(40)74-68(44)46)66(64)72-53-27-9-3-17-38(53)48-33-50-42-21-7-13-31-59(42)76-61(50)35-55(48)72/h2-35H. The number of para-hydroxylation sites is 6. The molecule has 0 saturated heterocycles. The van der Waals surface area contributed by atoms with Crippen LogP contribution in [0, 0.1) is 17.9 Å². The number of thiophene rings is 2. The van der Waals surface area contributed by atoms with Crippen molar-refractivity contribution < 1.29 is 8.83 Å². The predicted molar refractivity (Wildman–Crippen MR) is 317 cm³/mol. The Morgan fingerprint density at radius 2 is 0.816 bits per heavy atom. The number of benzene rings is 11. The summed E-state index contributed by atoms with van der Waals surface area (Å²) >= 11 is 3.55. The molecule has 0 atom stereocenters. The molecule has 0 saturated carbocycles. The zero-order chi connectivity index (χ0) is 49.9. The van der Waals surface area contributed by atoms with Crippen molar-refractivity contribution in [3.05, 3.63) is 223 Å². The largest absolute Gasteiger partial charge is 0.455 e. The van der Waals surface area contributed by atoms with Gasteiger partial charge >= 0.3 is 0 Å². The lowest BCUT2D eigenvalue weighted by atomic mass is 9.87. The van der Waals surface area contributed by atoms with E-state index in [0.29, 0.717) is 50.5 Å². The fourth-order valence-corrected chi connectivity index (χ4v) is 14.9. The topological polar surface area (TPSA) is 64.3 Å². The van der Waals surface area contributed by atoms with E-state index in [1.807, 2.05) is 48.5 Å². The molecule has 17 aromatic rings. The third-order valence-electron chi connectivity index (χ3n) is 15.8. The fraction of sp³-hybridized carbons (Fsp3) is 0. The van der Waals surface area contributed by atoms with E-state index < -0.39 is 0 Å². The van der Waals surface area contributed by atoms with Gasteiger partial charge in [0.05, 0.1) is 45.6 Å². The van der Waals surface area contributed by atoms with Gasteiger partial charge in [-0.1, -0.05) is 146 Å². The second-order valence-electron chi connectivity index (χ2n) is 19.6. The van der Waals surface area contributed by atoms with Crippen molar-refractivity contribution in [3.8, 4) is 39.7 Å². The zero-order valence-electron chi connectivity index (χ0n) is 40.1. The Morgan fingerprint density at radius 3 is 1.33 bits per heavy atom. The molecular formula is C68H34N4O2S2. The molecule has 17 rings (SSSR count). The van der Waals surface area contributed by atoms with Gasteiger partial charge in [0.1, 0.15) is 28.4 Å². The maximum absolute atomic E-state index is 12.4. The minimum Gasteiger partial charge on any atom is -0.455 e. The predicted octanol–water partition coefficient (Wildman–Crippen LogP) is 20.2. The molecule has 76 heavy (non-hydrogen) atoms. The Kier molecular flexibility index (Phi) is 8.36. The second kappa shape index (κ2) is 15.3. The molecule has 0 fully saturated rings. The Bertz CT molecular complexity index is 5300. The van der Waals surface area contributed by atoms with Gasteiger partial charge in [0, 0.05) is 106 Å². The van der Waals surface area contributed by atoms with Crippen LogP contribution in [0.25, 0.3) is 166 Å². The van der Waals surface area contributed by atoms with Crippen molar-refractivity contribution in [2.75, 3.05) is 0 Å². The van der Waals surface area contributed by atoms with Crippen molar-refractivity contribution in [1.29, 1.82) is 5.26 Å². The zero-order valence-corrected chi connectivity index (χ0v) is 41.7. The van der Waals surface area contributed by atoms with Crippen LogP contribution in [0.15, 0.2) is 215 Å². The lowest BCUT2D eigenvalue weighted by Gasteiger charge is -2.26. The van der Waals surface area contributed by atoms with Gasteiger partial charge in [-0.05, 0) is 60.7 Å². The Balaban J connectivity index is 1.16. The molecule has 0 radical (unpaired) electrons. The maximum atomic E-state index is 12.4. The van der Waals surface area contributed by atoms with Crippen molar-refractivity contribution in [1.82, 2.24) is 9.13 Å². The molecule has 0 bridgehead atoms. The summed E-state index contributed by atoms with van der Waals surface area (Å²) in [6.07, 6.45) is 0. The first-order chi connectivity index (χ1) is 37.6. The van der Waals surface area contributed by atoms with Gasteiger partial charge in [0.15, 0.2) is 0 Å². The number of hydrogen-bond donors (Lipinski definition) is 0. The highest BCUT2D eigenvalue weighted by atomic mass is 32.1. The number of furan rings is 2. The van der Waals surface area contributed by atoms with Crippen LogP contribution in [0.2, 0.25) is 0 Å². The molecule has 350 valence electrons. The summed E-state index contributed by atoms with van der Waals surface area (Å²) in [6, 6.07) is 75.0. The molecule has 11 aromatic carbocycles. The molecule has 6 nitrogen and oxygen atoms in total. The van der Waals surface area contributed by atoms with E-state index in [9.17, 15) is 11.8 Å². The first-order valence-corrected chi connectivity index (χ1v) is 26.8. The van der Waals surface area contributed by atoms with Gasteiger partial charge in [0.2, 0.25) is 5.69 Å². The van der Waals surface area contributed by atoms with Gasteiger partial charge in [-0.2, -0.15) is 5.26 Å². The first kappa shape index (κ1) is 41.5. The monoisotopic (exact) mass is 1000 g/mol. The first-order valence-electron chi connectivity index (χ1n) is 25.2. The summed E-state index contributed by atoms with van der Waals surface area (Å²) in [5, 5.41) is 25.2. The van der Waals surface area contributed by atoms with Crippen LogP contribution in [0.1, 0.15) is 5.56 Å². The van der Waals surface area contributed by atoms with Gasteiger partial charge in [-0.25, -0.2) is 4.85 Å². The van der Waals surface area contributed by atoms with Crippen LogP contribution in [0.4, 0.5) is 5.69 Å². The van der Waals surface area contributed by atoms with Gasteiger partial charge in [-0.3, -0.25) is 0 Å². The van der Waals surface area contributed by atoms with Crippen molar-refractivity contribution in [2.24, 2.45) is 0 Å². The van der Waals surface area contributed by atoms with Gasteiger partial charge in [-0.15, -0.1) is 22.7 Å². The number of nitrogens with zero attached hydrogens (tertiary/aromatic N) is 4. The van der Waals surface area contributed by atoms with E-state index in [0.717, 1.165) is 91.3 Å². The van der Waals surface area contributed by atoms with Crippen molar-refractivity contribution in [3.63, 3.8) is 0 Å². The normalized spacial score (nSPS) is 12.2. The molecule has 6 aromatic heterocycles. The van der Waals surface area contributed by atoms with Crippen LogP contribution >= 0.6 is 22.7 Å². The Hall–Kier alpha value is -9.96. The molecule has 0 spiro atoms. The van der Waals surface area contributed by atoms with Crippen LogP contribution in [0.5, 0.6) is 0 Å². The SMILES string of the molecule is [C-]#[N+]c1c(-c2cccc3c2oc2ccccc23)c(C#N)c(-n2c3ccccc3c3cc4c(cc32)sc2ccccc24)c(-c2cccc3c2oc2ccccc23)c1-n1c2ccccc2c2cc3c(cc21)sc1ccccc13. The quantitative estimate of drug-likeness (QED) is 0.165. The molecule has 6 heterocycles. The number of aromatic nitrogens is 2. The molecule has 0 aliphatic rings. The molecular weight excluding hydrogens is 969 g/mol. The number of rotatable bonds is 4. The van der Waals surface area contributed by atoms with Crippen molar-refractivity contribution in [2.45, 2.75) is 0 Å². The molecule has 0 aliphatic carbocycles. The lowest BCUT2D eigenvalue weighted by molar-refractivity contribution is 0.669. The highest BCUT2D eigenvalue weighted by molar-refractivity contribution is 7.26. The van der Waals surface area contributed by atoms with Gasteiger partial charge in [0.25, 0.3) is 0 Å². The van der Waals surface area contributed by atoms with E-state index >= 15 is 0 Å². The summed E-state index contributed by atoms with van der Waals surface area (Å²) in [5.74, 6) is 0. The van der Waals surface area contributed by atoms with E-state index in [-0.39, 0.29) is 0 Å². The summed E-state index contributed by atoms with van der Waals surface area (Å²) < 4.78 is 23.3. The highest BCUT2D eigenvalue weighted by Crippen LogP contribution is 2.56. The minimum absolute atomic E-state index is 0.322. The number of nitriles is 1. The van der Waals surface area contributed by atoms with Crippen LogP contribution < -0.4 is 0 Å². The molecule has 0 unspecified atom stereocenters. The fourth-order valence-electron chi connectivity index (χ4n) is 12.6. The lowest BCUT2D eigenvalue weighted by Crippen LogP contribution is -2.09. The minimum atomic E-state index is 0.322. The van der Waals surface area contributed by atoms with E-state index in [4.69, 9.17) is 13.7 Å². The smallest absolute Gasteiger partial charge is 0.220 e. The Morgan fingerprint density at radius 1 is 0.382 bits per heavy atom. The molecule has 8 heteroatoms. The summed E-state index contributed by atoms with van der Waals surface area (Å²) in [6.45, 7) is 9.69. The van der Waals surface area contributed by atoms with Crippen molar-refractivity contribution >= 4 is 156 Å². The number of fused-ring (bicyclic) bond motifs is 18. The third kappa shape index (κ3) is 5.45. The van der Waals surface area contributed by atoms with Crippen LogP contribution in [0.3, 0.4) is 0 Å². The maximum Gasteiger partial charge on any atom is 0.220 e. The third-order valence-corrected chi connectivity index (χ3v) is 18.0. The van der Waals surface area contributed by atoms with Crippen LogP contribution in [-0.2, 0) is 0 Å². The van der Waals surface area contributed by atoms with Gasteiger partial charge < -0.3 is 18.0 Å². The van der Waals surface area contributed by atoms with E-state index in [2.05, 4.69) is 173 Å². The highest BCUT2D eigenvalue weighted by Gasteiger charge is 2.34. The summed E-state index contributed by atoms with van der Waals surface area (Å²) in [4.78, 5) is 4.70. The summed E-state index contributed by atoms with van der Waals surface area (Å²) in [7, 11) is 0.